The van der Waals surface area contributed by atoms with Gasteiger partial charge in [0.25, 0.3) is 5.91 Å². The minimum Gasteiger partial charge on any atom is -0.383 e. The molecule has 0 aliphatic carbocycles. The number of nitrogens with two attached hydrogens (primary N) is 1. The Bertz CT molecular complexity index is 1700. The maximum absolute atomic E-state index is 13.1. The maximum atomic E-state index is 13.1. The van der Waals surface area contributed by atoms with E-state index in [1.807, 2.05) is 24.6 Å². The van der Waals surface area contributed by atoms with E-state index in [4.69, 9.17) is 10.8 Å². The molecule has 230 valence electrons. The van der Waals surface area contributed by atoms with Crippen molar-refractivity contribution in [2.45, 2.75) is 70.6 Å². The van der Waals surface area contributed by atoms with Gasteiger partial charge >= 0.3 is 6.18 Å². The molecule has 0 radical (unpaired) electrons. The van der Waals surface area contributed by atoms with Gasteiger partial charge < -0.3 is 16.4 Å². The Morgan fingerprint density at radius 3 is 2.61 bits per heavy atom. The molecule has 2 amide bonds. The van der Waals surface area contributed by atoms with E-state index in [9.17, 15) is 22.8 Å². The number of alkyl halides is 3. The molecular formula is C32H34F3N7O2. The van der Waals surface area contributed by atoms with Crippen LogP contribution in [0, 0.1) is 0 Å². The Kier molecular flexibility index (Phi) is 8.98. The van der Waals surface area contributed by atoms with Crippen molar-refractivity contribution < 1.29 is 22.8 Å². The number of benzene rings is 1. The molecule has 0 fully saturated rings. The lowest BCUT2D eigenvalue weighted by molar-refractivity contribution is -0.137. The van der Waals surface area contributed by atoms with Crippen LogP contribution in [0.5, 0.6) is 0 Å². The second-order valence-corrected chi connectivity index (χ2v) is 11.1. The Morgan fingerprint density at radius 2 is 1.86 bits per heavy atom. The summed E-state index contributed by atoms with van der Waals surface area (Å²) in [4.78, 5) is 33.6. The summed E-state index contributed by atoms with van der Waals surface area (Å²) >= 11 is 0. The fraction of sp³-hybridized carbons (Fsp3) is 0.344. The van der Waals surface area contributed by atoms with Crippen molar-refractivity contribution in [3.63, 3.8) is 0 Å². The number of aromatic nitrogens is 4. The predicted molar refractivity (Wildman–Crippen MR) is 164 cm³/mol. The monoisotopic (exact) mass is 605 g/mol. The minimum absolute atomic E-state index is 0.0447. The van der Waals surface area contributed by atoms with Gasteiger partial charge in [-0.25, -0.2) is 9.97 Å². The molecule has 1 aliphatic heterocycles. The number of halogens is 3. The summed E-state index contributed by atoms with van der Waals surface area (Å²) in [6, 6.07) is 7.99. The van der Waals surface area contributed by atoms with Crippen LogP contribution in [0.2, 0.25) is 0 Å². The third-order valence-electron chi connectivity index (χ3n) is 7.62. The first-order valence-electron chi connectivity index (χ1n) is 14.6. The van der Waals surface area contributed by atoms with E-state index in [1.54, 1.807) is 30.5 Å². The van der Waals surface area contributed by atoms with Gasteiger partial charge in [-0.2, -0.15) is 18.3 Å². The Labute approximate surface area is 252 Å². The molecule has 9 nitrogen and oxygen atoms in total. The molecule has 2 atom stereocenters. The molecule has 3 aromatic heterocycles. The van der Waals surface area contributed by atoms with Crippen LogP contribution in [0.4, 0.5) is 24.8 Å². The first-order chi connectivity index (χ1) is 21.0. The molecule has 4 aromatic rings. The fourth-order valence-electron chi connectivity index (χ4n) is 5.46. The van der Waals surface area contributed by atoms with Gasteiger partial charge in [0.05, 0.1) is 22.5 Å². The van der Waals surface area contributed by atoms with E-state index >= 15 is 0 Å². The first-order valence-corrected chi connectivity index (χ1v) is 14.6. The van der Waals surface area contributed by atoms with Crippen molar-refractivity contribution in [1.82, 2.24) is 25.1 Å². The van der Waals surface area contributed by atoms with E-state index in [0.717, 1.165) is 55.1 Å². The predicted octanol–water partition coefficient (Wildman–Crippen LogP) is 6.78. The van der Waals surface area contributed by atoms with Crippen molar-refractivity contribution >= 4 is 40.4 Å². The van der Waals surface area contributed by atoms with Crippen LogP contribution in [-0.2, 0) is 11.0 Å². The molecule has 0 saturated heterocycles. The van der Waals surface area contributed by atoms with Gasteiger partial charge in [0, 0.05) is 41.5 Å². The van der Waals surface area contributed by atoms with Crippen LogP contribution < -0.4 is 16.4 Å². The minimum atomic E-state index is -4.56. The number of pyridine rings is 2. The summed E-state index contributed by atoms with van der Waals surface area (Å²) in [7, 11) is 0. The van der Waals surface area contributed by atoms with E-state index in [1.165, 1.54) is 0 Å². The third-order valence-corrected chi connectivity index (χ3v) is 7.62. The van der Waals surface area contributed by atoms with Gasteiger partial charge in [0.15, 0.2) is 0 Å². The van der Waals surface area contributed by atoms with E-state index in [0.29, 0.717) is 35.3 Å². The van der Waals surface area contributed by atoms with E-state index < -0.39 is 17.6 Å². The highest BCUT2D eigenvalue weighted by atomic mass is 19.4. The molecule has 0 saturated carbocycles. The Hall–Kier alpha value is -4.74. The largest absolute Gasteiger partial charge is 0.416 e. The smallest absolute Gasteiger partial charge is 0.383 e. The number of carbonyl (C=O) groups is 2. The molecule has 1 aromatic carbocycles. The Morgan fingerprint density at radius 1 is 1.09 bits per heavy atom. The molecule has 4 N–H and O–H groups in total. The van der Waals surface area contributed by atoms with Gasteiger partial charge in [-0.15, -0.1) is 0 Å². The van der Waals surface area contributed by atoms with Crippen LogP contribution in [0.25, 0.3) is 28.2 Å². The summed E-state index contributed by atoms with van der Waals surface area (Å²) in [5.41, 5.74) is 8.71. The Balaban J connectivity index is 1.49. The molecule has 4 heterocycles. The summed E-state index contributed by atoms with van der Waals surface area (Å²) in [6.45, 7) is 4.02. The van der Waals surface area contributed by atoms with Crippen LogP contribution in [0.15, 0.2) is 54.9 Å². The quantitative estimate of drug-likeness (QED) is 0.236. The molecule has 0 unspecified atom stereocenters. The number of carbonyl (C=O) groups excluding carboxylic acids is 2. The van der Waals surface area contributed by atoms with Gasteiger partial charge in [-0.3, -0.25) is 14.3 Å². The molecule has 5 rings (SSSR count). The van der Waals surface area contributed by atoms with Crippen LogP contribution in [0.3, 0.4) is 0 Å². The normalized spacial score (nSPS) is 19.1. The van der Waals surface area contributed by atoms with E-state index in [-0.39, 0.29) is 29.4 Å². The molecular weight excluding hydrogens is 571 g/mol. The number of amides is 2. The van der Waals surface area contributed by atoms with Crippen LogP contribution >= 0.6 is 0 Å². The maximum Gasteiger partial charge on any atom is 0.416 e. The van der Waals surface area contributed by atoms with E-state index in [2.05, 4.69) is 26.7 Å². The van der Waals surface area contributed by atoms with Gasteiger partial charge in [0.1, 0.15) is 17.3 Å². The zero-order chi connectivity index (χ0) is 31.4. The third kappa shape index (κ3) is 6.90. The summed E-state index contributed by atoms with van der Waals surface area (Å²) < 4.78 is 41.1. The lowest BCUT2D eigenvalue weighted by Crippen LogP contribution is -2.34. The highest BCUT2D eigenvalue weighted by Gasteiger charge is 2.31. The van der Waals surface area contributed by atoms with Crippen LogP contribution in [-0.4, -0.2) is 37.6 Å². The average Bonchev–Trinajstić information content (AvgIpc) is 3.39. The lowest BCUT2D eigenvalue weighted by atomic mass is 10.0. The molecule has 0 spiro atoms. The van der Waals surface area contributed by atoms with Crippen molar-refractivity contribution in [1.29, 1.82) is 0 Å². The number of allylic oxidation sites excluding steroid dienone is 1. The van der Waals surface area contributed by atoms with Gasteiger partial charge in [-0.05, 0) is 63.8 Å². The number of rotatable bonds is 3. The lowest BCUT2D eigenvalue weighted by Gasteiger charge is -2.20. The number of hydrogen-bond acceptors (Lipinski definition) is 6. The zero-order valence-corrected chi connectivity index (χ0v) is 24.5. The van der Waals surface area contributed by atoms with Crippen molar-refractivity contribution in [2.24, 2.45) is 0 Å². The number of nitrogen functional groups attached to an aromatic ring is 1. The number of nitrogens with zero attached hydrogens (tertiary/aromatic N) is 4. The summed E-state index contributed by atoms with van der Waals surface area (Å²) in [6.07, 6.45) is 7.09. The molecule has 0 bridgehead atoms. The van der Waals surface area contributed by atoms with Crippen molar-refractivity contribution in [3.8, 4) is 11.3 Å². The molecule has 44 heavy (non-hydrogen) atoms. The number of anilines is 2. The highest BCUT2D eigenvalue weighted by Crippen LogP contribution is 2.36. The highest BCUT2D eigenvalue weighted by molar-refractivity contribution is 6.06. The number of hydrogen-bond donors (Lipinski definition) is 3. The number of nitrogens with one attached hydrogen (secondary N) is 2. The fourth-order valence-corrected chi connectivity index (χ4v) is 5.46. The standard InChI is InChI=1S/C32H34F3N7O2/c1-19-16-20(2)42-29-23(8-6-4-3-5-7-9-26(43)39-19)18-38-30(36)27(29)28(41-42)21-10-12-22(13-11-21)31(44)40-25-17-24(14-15-37-25)32(33,34)35/h6,8,10-15,17-20H,3-5,7,9,16H2,1-2H3,(H2,36,38)(H,39,43)(H,37,40,44)/b8-6+/t19-,20-/m1/s1. The van der Waals surface area contributed by atoms with Crippen LogP contribution in [0.1, 0.15) is 79.9 Å². The van der Waals surface area contributed by atoms with Gasteiger partial charge in [-0.1, -0.05) is 30.7 Å². The van der Waals surface area contributed by atoms with Crippen molar-refractivity contribution in [2.75, 3.05) is 11.1 Å². The first kappa shape index (κ1) is 30.7. The van der Waals surface area contributed by atoms with Gasteiger partial charge in [0.2, 0.25) is 5.91 Å². The zero-order valence-electron chi connectivity index (χ0n) is 24.5. The molecule has 12 heteroatoms. The second-order valence-electron chi connectivity index (χ2n) is 11.1. The second kappa shape index (κ2) is 12.9. The van der Waals surface area contributed by atoms with Crippen molar-refractivity contribution in [3.05, 3.63) is 71.6 Å². The molecule has 1 aliphatic rings. The summed E-state index contributed by atoms with van der Waals surface area (Å²) in [5.74, 6) is -0.459. The SMILES string of the molecule is C[C@@H]1C[C@@H](C)n2nc(-c3ccc(C(=O)Nc4cc(C(F)(F)F)ccn4)cc3)c3c(N)ncc(c32)/C=C/CCCCCC(=O)N1. The summed E-state index contributed by atoms with van der Waals surface area (Å²) in [5, 5.41) is 11.2. The average molecular weight is 606 g/mol. The topological polar surface area (TPSA) is 128 Å².